The summed E-state index contributed by atoms with van der Waals surface area (Å²) in [6.07, 6.45) is 7.81. The Morgan fingerprint density at radius 3 is 1.08 bits per heavy atom. The first kappa shape index (κ1) is 40.4. The van der Waals surface area contributed by atoms with Gasteiger partial charge in [-0.1, -0.05) is 84.0 Å². The zero-order chi connectivity index (χ0) is 42.2. The Bertz CT molecular complexity index is 2600. The van der Waals surface area contributed by atoms with Crippen LogP contribution in [0, 0.1) is 31.8 Å². The second-order valence-corrected chi connectivity index (χ2v) is 15.2. The molecule has 0 bridgehead atoms. The van der Waals surface area contributed by atoms with E-state index in [1.54, 1.807) is 12.1 Å². The third-order valence-electron chi connectivity index (χ3n) is 10.5. The average Bonchev–Trinajstić information content (AvgIpc) is 3.27. The van der Waals surface area contributed by atoms with Crippen LogP contribution in [0.3, 0.4) is 0 Å². The van der Waals surface area contributed by atoms with Crippen molar-refractivity contribution in [3.8, 4) is 6.07 Å². The van der Waals surface area contributed by atoms with Crippen LogP contribution in [0.5, 0.6) is 0 Å². The van der Waals surface area contributed by atoms with Gasteiger partial charge in [0.1, 0.15) is 0 Å². The van der Waals surface area contributed by atoms with Crippen molar-refractivity contribution in [3.63, 3.8) is 0 Å². The molecule has 7 rings (SSSR count). The van der Waals surface area contributed by atoms with Crippen LogP contribution in [-0.2, 0) is 0 Å². The van der Waals surface area contributed by atoms with E-state index < -0.39 is 0 Å². The van der Waals surface area contributed by atoms with Gasteiger partial charge in [0.05, 0.1) is 18.2 Å². The number of benzene rings is 7. The van der Waals surface area contributed by atoms with E-state index in [1.807, 2.05) is 52.5 Å². The number of rotatable bonds is 12. The molecule has 0 heterocycles. The number of nitrogens with zero attached hydrogens (tertiary/aromatic N) is 6. The summed E-state index contributed by atoms with van der Waals surface area (Å²) < 4.78 is 0. The Labute approximate surface area is 355 Å². The van der Waals surface area contributed by atoms with Crippen molar-refractivity contribution in [3.05, 3.63) is 208 Å². The van der Waals surface area contributed by atoms with Gasteiger partial charge in [0, 0.05) is 73.7 Å². The summed E-state index contributed by atoms with van der Waals surface area (Å²) in [6.45, 7) is 12.2. The van der Waals surface area contributed by atoms with E-state index in [1.165, 1.54) is 11.1 Å². The zero-order valence-electron chi connectivity index (χ0n) is 35.0. The van der Waals surface area contributed by atoms with Gasteiger partial charge in [0.2, 0.25) is 0 Å². The fourth-order valence-electron chi connectivity index (χ4n) is 7.01. The average molecular weight is 781 g/mol. The molecular formula is C54H48N6. The predicted molar refractivity (Wildman–Crippen MR) is 256 cm³/mol. The van der Waals surface area contributed by atoms with Gasteiger partial charge in [-0.25, -0.2) is 4.85 Å². The molecule has 0 saturated carbocycles. The second-order valence-electron chi connectivity index (χ2n) is 15.2. The van der Waals surface area contributed by atoms with Gasteiger partial charge in [-0.05, 0) is 145 Å². The van der Waals surface area contributed by atoms with Crippen LogP contribution in [0.1, 0.15) is 38.9 Å². The summed E-state index contributed by atoms with van der Waals surface area (Å²) in [5.41, 5.74) is 15.4. The highest BCUT2D eigenvalue weighted by Crippen LogP contribution is 2.38. The van der Waals surface area contributed by atoms with Crippen molar-refractivity contribution < 1.29 is 0 Å². The van der Waals surface area contributed by atoms with E-state index in [4.69, 9.17) is 6.57 Å². The Hall–Kier alpha value is -7.80. The quantitative estimate of drug-likeness (QED) is 0.0912. The standard InChI is InChI=1S/C54H48N6/c1-39-8-20-48(21-9-39)59(49-22-10-40(2)11-23-49)50-26-16-42(17-27-50)13-19-44-36-45(38-55)43(37-54(44)56-3)18-12-41-14-24-51(25-15-41)60(52-32-28-46(29-33-52)57(4)5)53-34-30-47(31-35-53)58(6)7/h8-37H,1-2,4-7H3/b18-12-,19-13-. The highest BCUT2D eigenvalue weighted by atomic mass is 15.2. The molecule has 7 aromatic rings. The molecule has 0 saturated heterocycles. The topological polar surface area (TPSA) is 41.1 Å². The number of nitriles is 1. The molecule has 0 atom stereocenters. The lowest BCUT2D eigenvalue weighted by Gasteiger charge is -2.27. The molecule has 0 aromatic heterocycles. The molecular weight excluding hydrogens is 733 g/mol. The van der Waals surface area contributed by atoms with E-state index in [9.17, 15) is 5.26 Å². The summed E-state index contributed by atoms with van der Waals surface area (Å²) in [5, 5.41) is 10.2. The summed E-state index contributed by atoms with van der Waals surface area (Å²) in [7, 11) is 8.17. The second kappa shape index (κ2) is 18.2. The number of hydrogen-bond acceptors (Lipinski definition) is 5. The molecule has 294 valence electrons. The molecule has 0 spiro atoms. The highest BCUT2D eigenvalue weighted by molar-refractivity contribution is 5.85. The van der Waals surface area contributed by atoms with Gasteiger partial charge < -0.3 is 19.6 Å². The van der Waals surface area contributed by atoms with Crippen molar-refractivity contribution in [2.24, 2.45) is 0 Å². The molecule has 6 nitrogen and oxygen atoms in total. The summed E-state index contributed by atoms with van der Waals surface area (Å²) in [6, 6.07) is 56.9. The Morgan fingerprint density at radius 2 is 0.750 bits per heavy atom. The Kier molecular flexibility index (Phi) is 12.3. The van der Waals surface area contributed by atoms with E-state index in [-0.39, 0.29) is 0 Å². The molecule has 7 aromatic carbocycles. The van der Waals surface area contributed by atoms with Gasteiger partial charge in [-0.15, -0.1) is 0 Å². The minimum atomic E-state index is 0.484. The minimum absolute atomic E-state index is 0.484. The van der Waals surface area contributed by atoms with Crippen molar-refractivity contribution >= 4 is 75.5 Å². The van der Waals surface area contributed by atoms with Crippen LogP contribution in [0.2, 0.25) is 0 Å². The zero-order valence-corrected chi connectivity index (χ0v) is 35.0. The fourth-order valence-corrected chi connectivity index (χ4v) is 7.01. The molecule has 0 amide bonds. The first-order valence-electron chi connectivity index (χ1n) is 19.9. The largest absolute Gasteiger partial charge is 0.378 e. The molecule has 0 radical (unpaired) electrons. The molecule has 60 heavy (non-hydrogen) atoms. The van der Waals surface area contributed by atoms with Crippen molar-refractivity contribution in [2.45, 2.75) is 13.8 Å². The number of aryl methyl sites for hydroxylation is 2. The van der Waals surface area contributed by atoms with Crippen LogP contribution in [-0.4, -0.2) is 28.2 Å². The first-order valence-corrected chi connectivity index (χ1v) is 19.9. The summed E-state index contributed by atoms with van der Waals surface area (Å²) >= 11 is 0. The summed E-state index contributed by atoms with van der Waals surface area (Å²) in [4.78, 5) is 12.5. The van der Waals surface area contributed by atoms with Crippen LogP contribution in [0.25, 0.3) is 29.1 Å². The predicted octanol–water partition coefficient (Wildman–Crippen LogP) is 14.1. The van der Waals surface area contributed by atoms with Crippen LogP contribution < -0.4 is 19.6 Å². The van der Waals surface area contributed by atoms with Gasteiger partial charge in [0.25, 0.3) is 0 Å². The number of hydrogen-bond donors (Lipinski definition) is 0. The van der Waals surface area contributed by atoms with Crippen molar-refractivity contribution in [1.82, 2.24) is 0 Å². The fraction of sp³-hybridized carbons (Fsp3) is 0.111. The Morgan fingerprint density at radius 1 is 0.433 bits per heavy atom. The maximum Gasteiger partial charge on any atom is 0.194 e. The van der Waals surface area contributed by atoms with Crippen molar-refractivity contribution in [1.29, 1.82) is 5.26 Å². The molecule has 6 heteroatoms. The monoisotopic (exact) mass is 780 g/mol. The summed E-state index contributed by atoms with van der Waals surface area (Å²) in [5.74, 6) is 0. The smallest absolute Gasteiger partial charge is 0.194 e. The van der Waals surface area contributed by atoms with Crippen molar-refractivity contribution in [2.75, 3.05) is 47.8 Å². The molecule has 0 unspecified atom stereocenters. The van der Waals surface area contributed by atoms with Crippen LogP contribution in [0.4, 0.5) is 51.2 Å². The van der Waals surface area contributed by atoms with Crippen LogP contribution >= 0.6 is 0 Å². The van der Waals surface area contributed by atoms with Crippen LogP contribution in [0.15, 0.2) is 158 Å². The van der Waals surface area contributed by atoms with Gasteiger partial charge in [0.15, 0.2) is 5.69 Å². The molecule has 0 fully saturated rings. The highest BCUT2D eigenvalue weighted by Gasteiger charge is 2.15. The van der Waals surface area contributed by atoms with E-state index in [0.29, 0.717) is 22.4 Å². The molecule has 0 aliphatic rings. The van der Waals surface area contributed by atoms with Gasteiger partial charge in [-0.3, -0.25) is 0 Å². The lowest BCUT2D eigenvalue weighted by molar-refractivity contribution is 1.13. The van der Waals surface area contributed by atoms with E-state index in [0.717, 1.165) is 56.6 Å². The minimum Gasteiger partial charge on any atom is -0.378 e. The van der Waals surface area contributed by atoms with E-state index in [2.05, 4.69) is 190 Å². The molecule has 0 aliphatic carbocycles. The lowest BCUT2D eigenvalue weighted by Crippen LogP contribution is -2.12. The van der Waals surface area contributed by atoms with Gasteiger partial charge >= 0.3 is 0 Å². The Balaban J connectivity index is 1.11. The molecule has 0 N–H and O–H groups in total. The SMILES string of the molecule is [C-]#[N+]c1cc(/C=C\c2ccc(N(c3ccc(N(C)C)cc3)c3ccc(N(C)C)cc3)cc2)c(C#N)cc1/C=C\c1ccc(N(c2ccc(C)cc2)c2ccc(C)cc2)cc1. The normalized spacial score (nSPS) is 11.0. The molecule has 0 aliphatic heterocycles. The third kappa shape index (κ3) is 9.32. The van der Waals surface area contributed by atoms with E-state index >= 15 is 0 Å². The maximum atomic E-state index is 10.2. The van der Waals surface area contributed by atoms with Gasteiger partial charge in [-0.2, -0.15) is 5.26 Å². The third-order valence-corrected chi connectivity index (χ3v) is 10.5. The maximum absolute atomic E-state index is 10.2. The first-order chi connectivity index (χ1) is 29.1. The lowest BCUT2D eigenvalue weighted by atomic mass is 10.0. The number of anilines is 8.